The molecule has 2 N–H and O–H groups in total. The lowest BCUT2D eigenvalue weighted by Crippen LogP contribution is -2.42. The Balaban J connectivity index is 2.74. The molecule has 1 rings (SSSR count). The van der Waals surface area contributed by atoms with Gasteiger partial charge in [0, 0.05) is 6.07 Å². The van der Waals surface area contributed by atoms with Crippen LogP contribution in [0.2, 0.25) is 0 Å². The lowest BCUT2D eigenvalue weighted by atomic mass is 10.1. The number of hydrogen-bond acceptors (Lipinski definition) is 5. The van der Waals surface area contributed by atoms with Crippen LogP contribution in [-0.2, 0) is 20.6 Å². The Bertz CT molecular complexity index is 535. The van der Waals surface area contributed by atoms with E-state index in [1.807, 2.05) is 13.8 Å². The predicted octanol–water partition coefficient (Wildman–Crippen LogP) is 0.902. The van der Waals surface area contributed by atoms with Crippen molar-refractivity contribution < 1.29 is 22.8 Å². The second-order valence-electron chi connectivity index (χ2n) is 4.83. The number of sulfonamides is 1. The number of aromatic nitrogens is 1. The Kier molecular flexibility index (Phi) is 5.07. The average Bonchev–Trinajstić information content (AvgIpc) is 2.60. The van der Waals surface area contributed by atoms with Gasteiger partial charge in [0.1, 0.15) is 11.8 Å². The minimum Gasteiger partial charge on any atom is -0.480 e. The molecule has 0 amide bonds. The number of hydrogen-bond donors (Lipinski definition) is 2. The number of nitrogens with zero attached hydrogens (tertiary/aromatic N) is 1. The van der Waals surface area contributed by atoms with E-state index in [1.165, 1.54) is 6.07 Å². The van der Waals surface area contributed by atoms with Crippen LogP contribution in [-0.4, -0.2) is 30.7 Å². The molecule has 0 aromatic carbocycles. The minimum atomic E-state index is -3.78. The van der Waals surface area contributed by atoms with Gasteiger partial charge in [-0.15, -0.1) is 0 Å². The van der Waals surface area contributed by atoms with Crippen molar-refractivity contribution >= 4 is 16.0 Å². The third-order valence-electron chi connectivity index (χ3n) is 2.34. The molecule has 0 fully saturated rings. The van der Waals surface area contributed by atoms with E-state index in [0.29, 0.717) is 5.69 Å². The summed E-state index contributed by atoms with van der Waals surface area (Å²) in [6, 6.07) is 0.367. The van der Waals surface area contributed by atoms with E-state index in [-0.39, 0.29) is 18.1 Å². The van der Waals surface area contributed by atoms with Crippen LogP contribution in [0.15, 0.2) is 10.6 Å². The summed E-state index contributed by atoms with van der Waals surface area (Å²) < 4.78 is 30.7. The smallest absolute Gasteiger partial charge is 0.321 e. The van der Waals surface area contributed by atoms with Crippen LogP contribution in [0.25, 0.3) is 0 Å². The molecule has 0 spiro atoms. The van der Waals surface area contributed by atoms with Gasteiger partial charge in [-0.25, -0.2) is 13.1 Å². The van der Waals surface area contributed by atoms with Crippen LogP contribution in [0.4, 0.5) is 0 Å². The molecule has 0 aliphatic rings. The highest BCUT2D eigenvalue weighted by Crippen LogP contribution is 2.10. The maximum Gasteiger partial charge on any atom is 0.321 e. The van der Waals surface area contributed by atoms with Crippen molar-refractivity contribution in [2.45, 2.75) is 39.0 Å². The summed E-state index contributed by atoms with van der Waals surface area (Å²) in [4.78, 5) is 11.0. The van der Waals surface area contributed by atoms with Crippen molar-refractivity contribution in [3.05, 3.63) is 17.5 Å². The van der Waals surface area contributed by atoms with Crippen LogP contribution >= 0.6 is 0 Å². The summed E-state index contributed by atoms with van der Waals surface area (Å²) in [6.45, 7) is 5.32. The molecule has 19 heavy (non-hydrogen) atoms. The van der Waals surface area contributed by atoms with E-state index in [9.17, 15) is 13.2 Å². The van der Waals surface area contributed by atoms with Gasteiger partial charge in [-0.2, -0.15) is 0 Å². The maximum atomic E-state index is 11.8. The van der Waals surface area contributed by atoms with Crippen LogP contribution in [0.5, 0.6) is 0 Å². The fourth-order valence-electron chi connectivity index (χ4n) is 1.60. The van der Waals surface area contributed by atoms with Gasteiger partial charge in [0.15, 0.2) is 5.76 Å². The third-order valence-corrected chi connectivity index (χ3v) is 3.64. The normalized spacial score (nSPS) is 13.7. The average molecular weight is 290 g/mol. The zero-order chi connectivity index (χ0) is 14.6. The molecule has 0 bridgehead atoms. The Hall–Kier alpha value is -1.41. The molecule has 8 heteroatoms. The highest BCUT2D eigenvalue weighted by molar-refractivity contribution is 7.88. The first-order chi connectivity index (χ1) is 8.69. The Morgan fingerprint density at radius 2 is 2.16 bits per heavy atom. The molecule has 0 radical (unpaired) electrons. The lowest BCUT2D eigenvalue weighted by Gasteiger charge is -2.15. The van der Waals surface area contributed by atoms with Crippen LogP contribution in [0.1, 0.15) is 31.7 Å². The Morgan fingerprint density at radius 3 is 2.58 bits per heavy atom. The number of aryl methyl sites for hydroxylation is 1. The summed E-state index contributed by atoms with van der Waals surface area (Å²) in [5, 5.41) is 12.6. The summed E-state index contributed by atoms with van der Waals surface area (Å²) in [7, 11) is -3.78. The monoisotopic (exact) mass is 290 g/mol. The van der Waals surface area contributed by atoms with E-state index < -0.39 is 27.8 Å². The van der Waals surface area contributed by atoms with Gasteiger partial charge in [-0.3, -0.25) is 4.79 Å². The lowest BCUT2D eigenvalue weighted by molar-refractivity contribution is -0.139. The van der Waals surface area contributed by atoms with E-state index in [0.717, 1.165) is 0 Å². The van der Waals surface area contributed by atoms with E-state index >= 15 is 0 Å². The number of aliphatic carboxylic acids is 1. The van der Waals surface area contributed by atoms with Gasteiger partial charge in [-0.05, 0) is 19.3 Å². The second kappa shape index (κ2) is 6.16. The largest absolute Gasteiger partial charge is 0.480 e. The topological polar surface area (TPSA) is 110 Å². The number of carbonyl (C=O) groups is 1. The first-order valence-corrected chi connectivity index (χ1v) is 7.50. The van der Waals surface area contributed by atoms with Crippen LogP contribution in [0, 0.1) is 12.8 Å². The van der Waals surface area contributed by atoms with Crippen molar-refractivity contribution in [2.24, 2.45) is 5.92 Å². The van der Waals surface area contributed by atoms with Gasteiger partial charge < -0.3 is 9.63 Å². The van der Waals surface area contributed by atoms with Crippen molar-refractivity contribution in [3.63, 3.8) is 0 Å². The number of carboxylic acid groups (broad SMARTS) is 1. The maximum absolute atomic E-state index is 11.8. The fraction of sp³-hybridized carbons (Fsp3) is 0.636. The molecule has 1 atom stereocenters. The SMILES string of the molecule is Cc1cc(CS(=O)(=O)N[C@H](CC(C)C)C(=O)O)on1. The highest BCUT2D eigenvalue weighted by Gasteiger charge is 2.26. The molecule has 7 nitrogen and oxygen atoms in total. The van der Waals surface area contributed by atoms with Crippen LogP contribution in [0.3, 0.4) is 0 Å². The predicted molar refractivity (Wildman–Crippen MR) is 67.9 cm³/mol. The molecule has 0 aliphatic carbocycles. The van der Waals surface area contributed by atoms with Gasteiger partial charge in [0.2, 0.25) is 10.0 Å². The minimum absolute atomic E-state index is 0.0660. The molecule has 0 aliphatic heterocycles. The first-order valence-electron chi connectivity index (χ1n) is 5.84. The highest BCUT2D eigenvalue weighted by atomic mass is 32.2. The van der Waals surface area contributed by atoms with Crippen molar-refractivity contribution in [2.75, 3.05) is 0 Å². The van der Waals surface area contributed by atoms with Gasteiger partial charge in [0.25, 0.3) is 0 Å². The summed E-state index contributed by atoms with van der Waals surface area (Å²) in [5.74, 6) is -1.36. The number of nitrogens with one attached hydrogen (secondary N) is 1. The molecule has 0 saturated heterocycles. The fourth-order valence-corrected chi connectivity index (χ4v) is 2.83. The van der Waals surface area contributed by atoms with E-state index in [2.05, 4.69) is 9.88 Å². The standard InChI is InChI=1S/C11H18N2O5S/c1-7(2)4-10(11(14)15)13-19(16,17)6-9-5-8(3)12-18-9/h5,7,10,13H,4,6H2,1-3H3,(H,14,15)/t10-/m1/s1. The molecule has 0 saturated carbocycles. The third kappa shape index (κ3) is 5.39. The van der Waals surface area contributed by atoms with Crippen molar-refractivity contribution in [1.29, 1.82) is 0 Å². The summed E-state index contributed by atoms with van der Waals surface area (Å²) >= 11 is 0. The number of carboxylic acids is 1. The summed E-state index contributed by atoms with van der Waals surface area (Å²) in [6.07, 6.45) is 0.226. The Morgan fingerprint density at radius 1 is 1.53 bits per heavy atom. The zero-order valence-electron chi connectivity index (χ0n) is 11.1. The zero-order valence-corrected chi connectivity index (χ0v) is 11.9. The quantitative estimate of drug-likeness (QED) is 0.772. The molecular formula is C11H18N2O5S. The summed E-state index contributed by atoms with van der Waals surface area (Å²) in [5.41, 5.74) is 0.571. The molecule has 1 aromatic heterocycles. The van der Waals surface area contributed by atoms with Crippen LogP contribution < -0.4 is 4.72 Å². The van der Waals surface area contributed by atoms with Crippen molar-refractivity contribution in [1.82, 2.24) is 9.88 Å². The first kappa shape index (κ1) is 15.6. The number of rotatable bonds is 7. The molecule has 1 aromatic rings. The van der Waals surface area contributed by atoms with Gasteiger partial charge in [0.05, 0.1) is 5.69 Å². The molecule has 0 unspecified atom stereocenters. The Labute approximate surface area is 112 Å². The van der Waals surface area contributed by atoms with Crippen molar-refractivity contribution in [3.8, 4) is 0 Å². The molecule has 1 heterocycles. The molecule has 108 valence electrons. The molecular weight excluding hydrogens is 272 g/mol. The van der Waals surface area contributed by atoms with Gasteiger partial charge in [-0.1, -0.05) is 19.0 Å². The van der Waals surface area contributed by atoms with E-state index in [1.54, 1.807) is 6.92 Å². The van der Waals surface area contributed by atoms with E-state index in [4.69, 9.17) is 9.63 Å². The van der Waals surface area contributed by atoms with Gasteiger partial charge >= 0.3 is 5.97 Å². The second-order valence-corrected chi connectivity index (χ2v) is 6.59.